The number of hydrogen-bond acceptors (Lipinski definition) is 5. The van der Waals surface area contributed by atoms with Gasteiger partial charge < -0.3 is 9.73 Å². The zero-order chi connectivity index (χ0) is 12.3. The molecule has 88 valence electrons. The zero-order valence-electron chi connectivity index (χ0n) is 8.59. The molecule has 0 radical (unpaired) electrons. The molecular weight excluding hydrogens is 246 g/mol. The summed E-state index contributed by atoms with van der Waals surface area (Å²) in [5.41, 5.74) is 0.814. The van der Waals surface area contributed by atoms with Crippen molar-refractivity contribution in [2.75, 3.05) is 5.32 Å². The van der Waals surface area contributed by atoms with Crippen LogP contribution < -0.4 is 5.32 Å². The van der Waals surface area contributed by atoms with E-state index in [0.29, 0.717) is 12.4 Å². The third kappa shape index (κ3) is 2.94. The van der Waals surface area contributed by atoms with Crippen LogP contribution in [0.2, 0.25) is 5.15 Å². The quantitative estimate of drug-likeness (QED) is 0.515. The number of halogens is 1. The first-order valence-electron chi connectivity index (χ1n) is 4.72. The first kappa shape index (κ1) is 11.4. The molecule has 2 rings (SSSR count). The highest BCUT2D eigenvalue weighted by molar-refractivity contribution is 6.29. The summed E-state index contributed by atoms with van der Waals surface area (Å²) in [5.74, 6) is 0.352. The van der Waals surface area contributed by atoms with Gasteiger partial charge in [-0.15, -0.1) is 0 Å². The maximum Gasteiger partial charge on any atom is 0.276 e. The van der Waals surface area contributed by atoms with Crippen LogP contribution in [-0.4, -0.2) is 9.91 Å². The second-order valence-electron chi connectivity index (χ2n) is 3.28. The first-order valence-corrected chi connectivity index (χ1v) is 5.10. The van der Waals surface area contributed by atoms with E-state index in [2.05, 4.69) is 10.3 Å². The fourth-order valence-electron chi connectivity index (χ4n) is 1.27. The molecule has 7 heteroatoms. The predicted molar refractivity (Wildman–Crippen MR) is 61.9 cm³/mol. The Labute approximate surface area is 101 Å². The Morgan fingerprint density at radius 2 is 2.35 bits per heavy atom. The van der Waals surface area contributed by atoms with Gasteiger partial charge in [0, 0.05) is 12.1 Å². The van der Waals surface area contributed by atoms with E-state index in [1.807, 2.05) is 0 Å². The summed E-state index contributed by atoms with van der Waals surface area (Å²) in [5, 5.41) is 13.6. The average Bonchev–Trinajstić information content (AvgIpc) is 2.78. The van der Waals surface area contributed by atoms with E-state index >= 15 is 0 Å². The van der Waals surface area contributed by atoms with Crippen LogP contribution in [0.15, 0.2) is 35.1 Å². The SMILES string of the molecule is O=[N+]([O-])c1cc(Cl)nc(NCc2ccoc2)c1. The van der Waals surface area contributed by atoms with Crippen molar-refractivity contribution in [3.8, 4) is 0 Å². The average molecular weight is 254 g/mol. The summed E-state index contributed by atoms with van der Waals surface area (Å²) in [4.78, 5) is 14.0. The molecule has 0 aliphatic heterocycles. The molecule has 0 aromatic carbocycles. The van der Waals surface area contributed by atoms with Gasteiger partial charge in [-0.05, 0) is 6.07 Å². The Bertz CT molecular complexity index is 528. The highest BCUT2D eigenvalue weighted by atomic mass is 35.5. The second kappa shape index (κ2) is 4.84. The van der Waals surface area contributed by atoms with Gasteiger partial charge in [0.25, 0.3) is 5.69 Å². The van der Waals surface area contributed by atoms with E-state index in [9.17, 15) is 10.1 Å². The summed E-state index contributed by atoms with van der Waals surface area (Å²) >= 11 is 5.68. The van der Waals surface area contributed by atoms with E-state index in [0.717, 1.165) is 5.56 Å². The number of nitrogens with zero attached hydrogens (tertiary/aromatic N) is 2. The number of nitrogens with one attached hydrogen (secondary N) is 1. The lowest BCUT2D eigenvalue weighted by Crippen LogP contribution is -2.01. The number of hydrogen-bond donors (Lipinski definition) is 1. The van der Waals surface area contributed by atoms with E-state index in [-0.39, 0.29) is 10.8 Å². The molecule has 0 saturated heterocycles. The van der Waals surface area contributed by atoms with E-state index < -0.39 is 4.92 Å². The van der Waals surface area contributed by atoms with E-state index in [1.54, 1.807) is 18.6 Å². The molecule has 1 N–H and O–H groups in total. The molecule has 2 heterocycles. The first-order chi connectivity index (χ1) is 8.15. The van der Waals surface area contributed by atoms with Crippen molar-refractivity contribution in [2.24, 2.45) is 0 Å². The van der Waals surface area contributed by atoms with E-state index in [1.165, 1.54) is 12.1 Å². The molecule has 6 nitrogen and oxygen atoms in total. The van der Waals surface area contributed by atoms with Gasteiger partial charge in [0.1, 0.15) is 11.0 Å². The largest absolute Gasteiger partial charge is 0.472 e. The summed E-state index contributed by atoms with van der Waals surface area (Å²) in [6.07, 6.45) is 3.12. The smallest absolute Gasteiger partial charge is 0.276 e. The van der Waals surface area contributed by atoms with Crippen molar-refractivity contribution in [2.45, 2.75) is 6.54 Å². The number of rotatable bonds is 4. The van der Waals surface area contributed by atoms with Crippen LogP contribution in [0.5, 0.6) is 0 Å². The molecule has 17 heavy (non-hydrogen) atoms. The topological polar surface area (TPSA) is 81.2 Å². The maximum absolute atomic E-state index is 10.6. The number of anilines is 1. The number of aromatic nitrogens is 1. The predicted octanol–water partition coefficient (Wildman–Crippen LogP) is 2.85. The fourth-order valence-corrected chi connectivity index (χ4v) is 1.47. The lowest BCUT2D eigenvalue weighted by molar-refractivity contribution is -0.384. The summed E-state index contributed by atoms with van der Waals surface area (Å²) in [6.45, 7) is 0.459. The lowest BCUT2D eigenvalue weighted by atomic mass is 10.3. The highest BCUT2D eigenvalue weighted by Crippen LogP contribution is 2.20. The Morgan fingerprint density at radius 1 is 1.53 bits per heavy atom. The summed E-state index contributed by atoms with van der Waals surface area (Å²) in [7, 11) is 0. The molecule has 2 aromatic heterocycles. The van der Waals surface area contributed by atoms with Gasteiger partial charge in [0.15, 0.2) is 0 Å². The Morgan fingerprint density at radius 3 is 3.00 bits per heavy atom. The minimum absolute atomic E-state index is 0.0777. The minimum atomic E-state index is -0.517. The van der Waals surface area contributed by atoms with E-state index in [4.69, 9.17) is 16.0 Å². The van der Waals surface area contributed by atoms with Crippen molar-refractivity contribution in [1.82, 2.24) is 4.98 Å². The second-order valence-corrected chi connectivity index (χ2v) is 3.66. The lowest BCUT2D eigenvalue weighted by Gasteiger charge is -2.03. The van der Waals surface area contributed by atoms with Crippen LogP contribution in [0.4, 0.5) is 11.5 Å². The maximum atomic E-state index is 10.6. The Balaban J connectivity index is 2.13. The van der Waals surface area contributed by atoms with Crippen molar-refractivity contribution in [1.29, 1.82) is 0 Å². The molecule has 2 aromatic rings. The van der Waals surface area contributed by atoms with Gasteiger partial charge in [-0.1, -0.05) is 11.6 Å². The molecule has 0 atom stereocenters. The number of nitro groups is 1. The van der Waals surface area contributed by atoms with Gasteiger partial charge in [0.05, 0.1) is 29.6 Å². The third-order valence-corrected chi connectivity index (χ3v) is 2.24. The van der Waals surface area contributed by atoms with Gasteiger partial charge >= 0.3 is 0 Å². The van der Waals surface area contributed by atoms with Crippen LogP contribution >= 0.6 is 11.6 Å². The Kier molecular flexibility index (Phi) is 3.24. The molecule has 0 amide bonds. The standard InChI is InChI=1S/C10H8ClN3O3/c11-9-3-8(14(15)16)4-10(13-9)12-5-7-1-2-17-6-7/h1-4,6H,5H2,(H,12,13). The van der Waals surface area contributed by atoms with Crippen molar-refractivity contribution in [3.63, 3.8) is 0 Å². The van der Waals surface area contributed by atoms with Crippen LogP contribution in [0, 0.1) is 10.1 Å². The molecule has 0 bridgehead atoms. The minimum Gasteiger partial charge on any atom is -0.472 e. The van der Waals surface area contributed by atoms with Crippen LogP contribution in [0.3, 0.4) is 0 Å². The van der Waals surface area contributed by atoms with Crippen molar-refractivity contribution < 1.29 is 9.34 Å². The molecule has 0 aliphatic carbocycles. The summed E-state index contributed by atoms with van der Waals surface area (Å²) < 4.78 is 4.89. The summed E-state index contributed by atoms with van der Waals surface area (Å²) in [6, 6.07) is 4.31. The molecule has 0 unspecified atom stereocenters. The van der Waals surface area contributed by atoms with Gasteiger partial charge in [0.2, 0.25) is 0 Å². The van der Waals surface area contributed by atoms with Gasteiger partial charge in [-0.2, -0.15) is 0 Å². The molecule has 0 aliphatic rings. The Hall–Kier alpha value is -2.08. The number of furan rings is 1. The van der Waals surface area contributed by atoms with Crippen molar-refractivity contribution in [3.05, 3.63) is 51.6 Å². The molecule has 0 saturated carbocycles. The third-order valence-electron chi connectivity index (χ3n) is 2.04. The van der Waals surface area contributed by atoms with Crippen molar-refractivity contribution >= 4 is 23.1 Å². The van der Waals surface area contributed by atoms with Gasteiger partial charge in [-0.25, -0.2) is 4.98 Å². The highest BCUT2D eigenvalue weighted by Gasteiger charge is 2.10. The molecule has 0 spiro atoms. The number of pyridine rings is 1. The fraction of sp³-hybridized carbons (Fsp3) is 0.100. The zero-order valence-corrected chi connectivity index (χ0v) is 9.35. The molecular formula is C10H8ClN3O3. The van der Waals surface area contributed by atoms with Crippen LogP contribution in [0.25, 0.3) is 0 Å². The van der Waals surface area contributed by atoms with Crippen LogP contribution in [0.1, 0.15) is 5.56 Å². The molecule has 0 fully saturated rings. The monoisotopic (exact) mass is 253 g/mol. The normalized spacial score (nSPS) is 10.2. The van der Waals surface area contributed by atoms with Gasteiger partial charge in [-0.3, -0.25) is 10.1 Å². The van der Waals surface area contributed by atoms with Crippen LogP contribution in [-0.2, 0) is 6.54 Å².